The van der Waals surface area contributed by atoms with Crippen LogP contribution in [0.3, 0.4) is 0 Å². The van der Waals surface area contributed by atoms with E-state index in [9.17, 15) is 9.59 Å². The van der Waals surface area contributed by atoms with Gasteiger partial charge in [-0.3, -0.25) is 19.8 Å². The lowest BCUT2D eigenvalue weighted by Gasteiger charge is -2.29. The highest BCUT2D eigenvalue weighted by Gasteiger charge is 2.35. The zero-order chi connectivity index (χ0) is 21.4. The molecule has 30 heavy (non-hydrogen) atoms. The van der Waals surface area contributed by atoms with Crippen LogP contribution in [0.4, 0.5) is 5.69 Å². The number of thiocarbonyl (C=S) groups is 1. The number of benzene rings is 2. The van der Waals surface area contributed by atoms with Crippen molar-refractivity contribution in [3.05, 3.63) is 81.0 Å². The number of carbonyl (C=O) groups excluding carboxylic acids is 2. The monoisotopic (exact) mass is 476 g/mol. The molecule has 3 aromatic rings. The van der Waals surface area contributed by atoms with E-state index in [0.717, 1.165) is 0 Å². The Hall–Kier alpha value is -2.64. The average molecular weight is 478 g/mol. The highest BCUT2D eigenvalue weighted by molar-refractivity contribution is 7.80. The van der Waals surface area contributed by atoms with Crippen molar-refractivity contribution in [2.45, 2.75) is 0 Å². The SMILES string of the molecule is O=C1NC(=S)N(c2ccccc2Cl)C(=O)/C1=C/c1ccc(-c2cc(Cl)ccc2Cl)o1. The van der Waals surface area contributed by atoms with Gasteiger partial charge in [0.1, 0.15) is 17.1 Å². The lowest BCUT2D eigenvalue weighted by Crippen LogP contribution is -2.54. The summed E-state index contributed by atoms with van der Waals surface area (Å²) >= 11 is 23.6. The molecule has 0 radical (unpaired) electrons. The first-order valence-corrected chi connectivity index (χ1v) is 10.1. The molecule has 2 heterocycles. The predicted molar refractivity (Wildman–Crippen MR) is 122 cm³/mol. The van der Waals surface area contributed by atoms with Crippen molar-refractivity contribution >= 4 is 75.7 Å². The summed E-state index contributed by atoms with van der Waals surface area (Å²) in [6.07, 6.45) is 1.34. The van der Waals surface area contributed by atoms with Crippen molar-refractivity contribution in [1.82, 2.24) is 5.32 Å². The Bertz CT molecular complexity index is 1240. The van der Waals surface area contributed by atoms with Gasteiger partial charge in [0.15, 0.2) is 5.11 Å². The standard InChI is InChI=1S/C21H11Cl3N2O3S/c22-11-5-7-15(23)13(9-11)18-8-6-12(29-18)10-14-19(27)25-21(30)26(20(14)28)17-4-2-1-3-16(17)24/h1-10H,(H,25,27,30)/b14-10+. The molecular formula is C21H11Cl3N2O3S. The number of amides is 2. The minimum atomic E-state index is -0.632. The van der Waals surface area contributed by atoms with E-state index in [4.69, 9.17) is 51.4 Å². The van der Waals surface area contributed by atoms with Crippen molar-refractivity contribution in [3.8, 4) is 11.3 Å². The molecule has 0 bridgehead atoms. The molecule has 150 valence electrons. The van der Waals surface area contributed by atoms with Gasteiger partial charge in [-0.2, -0.15) is 0 Å². The second-order valence-electron chi connectivity index (χ2n) is 6.24. The number of nitrogens with zero attached hydrogens (tertiary/aromatic N) is 1. The van der Waals surface area contributed by atoms with Crippen LogP contribution in [0.5, 0.6) is 0 Å². The summed E-state index contributed by atoms with van der Waals surface area (Å²) in [7, 11) is 0. The molecule has 1 N–H and O–H groups in total. The van der Waals surface area contributed by atoms with Crippen LogP contribution in [-0.4, -0.2) is 16.9 Å². The summed E-state index contributed by atoms with van der Waals surface area (Å²) < 4.78 is 5.77. The number of para-hydroxylation sites is 1. The lowest BCUT2D eigenvalue weighted by molar-refractivity contribution is -0.122. The Morgan fingerprint density at radius 2 is 1.73 bits per heavy atom. The molecule has 9 heteroatoms. The number of nitrogens with one attached hydrogen (secondary N) is 1. The molecule has 1 aromatic heterocycles. The maximum Gasteiger partial charge on any atom is 0.270 e. The summed E-state index contributed by atoms with van der Waals surface area (Å²) in [6, 6.07) is 15.0. The number of halogens is 3. The second-order valence-corrected chi connectivity index (χ2v) is 7.87. The van der Waals surface area contributed by atoms with E-state index in [1.165, 1.54) is 11.0 Å². The van der Waals surface area contributed by atoms with Crippen LogP contribution in [0, 0.1) is 0 Å². The smallest absolute Gasteiger partial charge is 0.270 e. The molecule has 1 aliphatic heterocycles. The fraction of sp³-hybridized carbons (Fsp3) is 0. The van der Waals surface area contributed by atoms with Gasteiger partial charge in [-0.05, 0) is 60.8 Å². The van der Waals surface area contributed by atoms with Crippen molar-refractivity contribution in [2.75, 3.05) is 4.90 Å². The summed E-state index contributed by atoms with van der Waals surface area (Å²) in [5.41, 5.74) is 0.805. The molecular weight excluding hydrogens is 467 g/mol. The number of hydrogen-bond donors (Lipinski definition) is 1. The molecule has 1 saturated heterocycles. The Morgan fingerprint density at radius 3 is 2.50 bits per heavy atom. The molecule has 0 atom stereocenters. The molecule has 2 amide bonds. The van der Waals surface area contributed by atoms with Gasteiger partial charge in [0.05, 0.1) is 15.7 Å². The van der Waals surface area contributed by atoms with Gasteiger partial charge in [-0.1, -0.05) is 46.9 Å². The Kier molecular flexibility index (Phi) is 5.66. The molecule has 0 saturated carbocycles. The summed E-state index contributed by atoms with van der Waals surface area (Å²) in [5, 5.41) is 3.72. The van der Waals surface area contributed by atoms with Crippen LogP contribution in [0.1, 0.15) is 5.76 Å². The van der Waals surface area contributed by atoms with E-state index in [1.807, 2.05) is 0 Å². The number of furan rings is 1. The fourth-order valence-electron chi connectivity index (χ4n) is 2.91. The number of carbonyl (C=O) groups is 2. The van der Waals surface area contributed by atoms with Crippen LogP contribution in [-0.2, 0) is 9.59 Å². The number of anilines is 1. The fourth-order valence-corrected chi connectivity index (χ4v) is 3.79. The predicted octanol–water partition coefficient (Wildman–Crippen LogP) is 5.74. The van der Waals surface area contributed by atoms with E-state index in [-0.39, 0.29) is 16.4 Å². The van der Waals surface area contributed by atoms with Crippen molar-refractivity contribution in [2.24, 2.45) is 0 Å². The Labute approximate surface area is 191 Å². The minimum absolute atomic E-state index is 0.0545. The van der Waals surface area contributed by atoms with E-state index in [1.54, 1.807) is 54.6 Å². The lowest BCUT2D eigenvalue weighted by atomic mass is 10.1. The van der Waals surface area contributed by atoms with E-state index < -0.39 is 11.8 Å². The van der Waals surface area contributed by atoms with Gasteiger partial charge in [-0.25, -0.2) is 0 Å². The van der Waals surface area contributed by atoms with Crippen LogP contribution >= 0.6 is 47.0 Å². The summed E-state index contributed by atoms with van der Waals surface area (Å²) in [5.74, 6) is -0.523. The molecule has 0 unspecified atom stereocenters. The van der Waals surface area contributed by atoms with Gasteiger partial charge in [0, 0.05) is 10.6 Å². The van der Waals surface area contributed by atoms with Gasteiger partial charge < -0.3 is 4.42 Å². The quantitative estimate of drug-likeness (QED) is 0.297. The van der Waals surface area contributed by atoms with E-state index in [0.29, 0.717) is 32.1 Å². The maximum absolute atomic E-state index is 13.0. The first kappa shape index (κ1) is 20.6. The molecule has 1 fully saturated rings. The summed E-state index contributed by atoms with van der Waals surface area (Å²) in [6.45, 7) is 0. The third-order valence-corrected chi connectivity index (χ3v) is 5.47. The second kappa shape index (κ2) is 8.24. The van der Waals surface area contributed by atoms with E-state index in [2.05, 4.69) is 5.32 Å². The largest absolute Gasteiger partial charge is 0.457 e. The van der Waals surface area contributed by atoms with E-state index >= 15 is 0 Å². The molecule has 2 aromatic carbocycles. The molecule has 1 aliphatic rings. The zero-order valence-electron chi connectivity index (χ0n) is 15.0. The van der Waals surface area contributed by atoms with Crippen molar-refractivity contribution in [1.29, 1.82) is 0 Å². The zero-order valence-corrected chi connectivity index (χ0v) is 18.1. The minimum Gasteiger partial charge on any atom is -0.457 e. The molecule has 4 rings (SSSR count). The van der Waals surface area contributed by atoms with Crippen LogP contribution in [0.2, 0.25) is 15.1 Å². The number of hydrogen-bond acceptors (Lipinski definition) is 4. The third kappa shape index (κ3) is 3.87. The number of rotatable bonds is 3. The van der Waals surface area contributed by atoms with Gasteiger partial charge >= 0.3 is 0 Å². The Balaban J connectivity index is 1.71. The normalized spacial score (nSPS) is 15.6. The molecule has 0 spiro atoms. The topological polar surface area (TPSA) is 62.6 Å². The van der Waals surface area contributed by atoms with Gasteiger partial charge in [0.25, 0.3) is 11.8 Å². The summed E-state index contributed by atoms with van der Waals surface area (Å²) in [4.78, 5) is 26.6. The average Bonchev–Trinajstić information content (AvgIpc) is 3.17. The molecule has 0 aliphatic carbocycles. The highest BCUT2D eigenvalue weighted by atomic mass is 35.5. The van der Waals surface area contributed by atoms with Gasteiger partial charge in [0.2, 0.25) is 0 Å². The van der Waals surface area contributed by atoms with Crippen molar-refractivity contribution in [3.63, 3.8) is 0 Å². The van der Waals surface area contributed by atoms with Gasteiger partial charge in [-0.15, -0.1) is 0 Å². The molecule has 5 nitrogen and oxygen atoms in total. The maximum atomic E-state index is 13.0. The first-order chi connectivity index (χ1) is 14.3. The first-order valence-electron chi connectivity index (χ1n) is 8.56. The van der Waals surface area contributed by atoms with Crippen LogP contribution < -0.4 is 10.2 Å². The van der Waals surface area contributed by atoms with Crippen molar-refractivity contribution < 1.29 is 14.0 Å². The third-order valence-electron chi connectivity index (χ3n) is 4.30. The highest BCUT2D eigenvalue weighted by Crippen LogP contribution is 2.33. The van der Waals surface area contributed by atoms with Crippen LogP contribution in [0.25, 0.3) is 17.4 Å². The van der Waals surface area contributed by atoms with Crippen LogP contribution in [0.15, 0.2) is 64.6 Å². The Morgan fingerprint density at radius 1 is 0.967 bits per heavy atom.